The van der Waals surface area contributed by atoms with Crippen LogP contribution in [0.1, 0.15) is 33.1 Å². The highest BCUT2D eigenvalue weighted by atomic mass is 32.2. The Bertz CT molecular complexity index is 233. The molecule has 0 aliphatic carbocycles. The van der Waals surface area contributed by atoms with Crippen LogP contribution in [0.15, 0.2) is 0 Å². The summed E-state index contributed by atoms with van der Waals surface area (Å²) in [6.45, 7) is 7.90. The van der Waals surface area contributed by atoms with E-state index in [1.165, 1.54) is 12.2 Å². The van der Waals surface area contributed by atoms with Crippen molar-refractivity contribution in [1.82, 2.24) is 10.3 Å². The van der Waals surface area contributed by atoms with Crippen molar-refractivity contribution in [3.05, 3.63) is 0 Å². The summed E-state index contributed by atoms with van der Waals surface area (Å²) in [6, 6.07) is 0. The van der Waals surface area contributed by atoms with Crippen LogP contribution >= 0.6 is 11.8 Å². The first-order valence-corrected chi connectivity index (χ1v) is 6.88. The highest BCUT2D eigenvalue weighted by Crippen LogP contribution is 2.30. The summed E-state index contributed by atoms with van der Waals surface area (Å²) in [5.74, 6) is 6.16. The number of hydrogen-bond donors (Lipinski definition) is 2. The largest absolute Gasteiger partial charge is 0.302 e. The van der Waals surface area contributed by atoms with Crippen LogP contribution in [0.25, 0.3) is 0 Å². The second kappa shape index (κ2) is 6.47. The summed E-state index contributed by atoms with van der Waals surface area (Å²) in [5, 5.41) is 0. The average Bonchev–Trinajstić information content (AvgIpc) is 2.40. The van der Waals surface area contributed by atoms with Gasteiger partial charge in [-0.15, -0.1) is 0 Å². The van der Waals surface area contributed by atoms with Gasteiger partial charge in [0.15, 0.2) is 0 Å². The summed E-state index contributed by atoms with van der Waals surface area (Å²) in [5.41, 5.74) is 2.17. The molecule has 1 heterocycles. The van der Waals surface area contributed by atoms with Crippen molar-refractivity contribution >= 4 is 17.7 Å². The maximum atomic E-state index is 11.0. The molecule has 1 aliphatic heterocycles. The number of thioether (sulfide) groups is 1. The maximum Gasteiger partial charge on any atom is 0.233 e. The number of amides is 1. The Morgan fingerprint density at radius 2 is 2.25 bits per heavy atom. The van der Waals surface area contributed by atoms with Crippen LogP contribution in [0.5, 0.6) is 0 Å². The number of hydrogen-bond acceptors (Lipinski definition) is 4. The first kappa shape index (κ1) is 13.8. The van der Waals surface area contributed by atoms with Gasteiger partial charge in [0.1, 0.15) is 0 Å². The van der Waals surface area contributed by atoms with Crippen molar-refractivity contribution in [2.75, 3.05) is 25.4 Å². The lowest BCUT2D eigenvalue weighted by Gasteiger charge is -2.22. The molecule has 0 aromatic heterocycles. The average molecular weight is 245 g/mol. The minimum Gasteiger partial charge on any atom is -0.302 e. The molecule has 3 N–H and O–H groups in total. The molecule has 94 valence electrons. The van der Waals surface area contributed by atoms with Gasteiger partial charge < -0.3 is 4.90 Å². The number of carbonyl (C=O) groups excluding carboxylic acids is 1. The zero-order valence-corrected chi connectivity index (χ0v) is 11.1. The maximum absolute atomic E-state index is 11.0. The van der Waals surface area contributed by atoms with Gasteiger partial charge in [0.25, 0.3) is 0 Å². The lowest BCUT2D eigenvalue weighted by atomic mass is 10.1. The van der Waals surface area contributed by atoms with Gasteiger partial charge in [0, 0.05) is 23.5 Å². The first-order valence-electron chi connectivity index (χ1n) is 5.89. The zero-order chi connectivity index (χ0) is 12.0. The summed E-state index contributed by atoms with van der Waals surface area (Å²) in [4.78, 5) is 13.4. The SMILES string of the molecule is CC1(C)CCN(CCCC(=O)NN)CCS1. The van der Waals surface area contributed by atoms with Gasteiger partial charge in [-0.2, -0.15) is 11.8 Å². The Morgan fingerprint density at radius 1 is 1.50 bits per heavy atom. The van der Waals surface area contributed by atoms with Crippen LogP contribution in [0, 0.1) is 0 Å². The van der Waals surface area contributed by atoms with Gasteiger partial charge in [-0.3, -0.25) is 10.2 Å². The van der Waals surface area contributed by atoms with Crippen molar-refractivity contribution in [3.8, 4) is 0 Å². The van der Waals surface area contributed by atoms with Crippen LogP contribution in [-0.4, -0.2) is 40.9 Å². The van der Waals surface area contributed by atoms with E-state index in [1.807, 2.05) is 11.8 Å². The third-order valence-electron chi connectivity index (χ3n) is 2.97. The van der Waals surface area contributed by atoms with E-state index < -0.39 is 0 Å². The fraction of sp³-hybridized carbons (Fsp3) is 0.909. The molecule has 0 unspecified atom stereocenters. The van der Waals surface area contributed by atoms with Crippen LogP contribution in [0.4, 0.5) is 0 Å². The molecule has 0 spiro atoms. The molecule has 5 heteroatoms. The molecule has 0 aromatic carbocycles. The number of nitrogens with zero attached hydrogens (tertiary/aromatic N) is 1. The third-order valence-corrected chi connectivity index (χ3v) is 4.34. The zero-order valence-electron chi connectivity index (χ0n) is 10.3. The summed E-state index contributed by atoms with van der Waals surface area (Å²) < 4.78 is 0.406. The topological polar surface area (TPSA) is 58.4 Å². The fourth-order valence-corrected chi connectivity index (χ4v) is 2.96. The van der Waals surface area contributed by atoms with Gasteiger partial charge in [0.05, 0.1) is 0 Å². The summed E-state index contributed by atoms with van der Waals surface area (Å²) in [7, 11) is 0. The van der Waals surface area contributed by atoms with Crippen LogP contribution in [0.2, 0.25) is 0 Å². The number of carbonyl (C=O) groups is 1. The Hall–Kier alpha value is -0.260. The lowest BCUT2D eigenvalue weighted by Crippen LogP contribution is -2.32. The van der Waals surface area contributed by atoms with E-state index in [-0.39, 0.29) is 5.91 Å². The van der Waals surface area contributed by atoms with Gasteiger partial charge >= 0.3 is 0 Å². The molecule has 1 rings (SSSR count). The molecule has 0 aromatic rings. The minimum atomic E-state index is -0.0653. The van der Waals surface area contributed by atoms with Crippen molar-refractivity contribution in [2.24, 2.45) is 5.84 Å². The van der Waals surface area contributed by atoms with Gasteiger partial charge in [-0.25, -0.2) is 5.84 Å². The van der Waals surface area contributed by atoms with E-state index in [0.717, 1.165) is 26.1 Å². The molecule has 1 fully saturated rings. The van der Waals surface area contributed by atoms with Gasteiger partial charge in [-0.1, -0.05) is 13.8 Å². The van der Waals surface area contributed by atoms with Crippen LogP contribution < -0.4 is 11.3 Å². The molecular formula is C11H23N3OS. The molecular weight excluding hydrogens is 222 g/mol. The van der Waals surface area contributed by atoms with Gasteiger partial charge in [-0.05, 0) is 25.9 Å². The molecule has 0 saturated carbocycles. The predicted octanol–water partition coefficient (Wildman–Crippen LogP) is 0.974. The summed E-state index contributed by atoms with van der Waals surface area (Å²) >= 11 is 2.05. The van der Waals surface area contributed by atoms with E-state index in [0.29, 0.717) is 11.2 Å². The molecule has 0 bridgehead atoms. The molecule has 1 saturated heterocycles. The fourth-order valence-electron chi connectivity index (χ4n) is 1.82. The Labute approximate surface area is 102 Å². The number of hydrazine groups is 1. The van der Waals surface area contributed by atoms with Crippen molar-refractivity contribution < 1.29 is 4.79 Å². The highest BCUT2D eigenvalue weighted by Gasteiger charge is 2.23. The van der Waals surface area contributed by atoms with Crippen molar-refractivity contribution in [1.29, 1.82) is 0 Å². The van der Waals surface area contributed by atoms with Crippen LogP contribution in [-0.2, 0) is 4.79 Å². The van der Waals surface area contributed by atoms with Gasteiger partial charge in [0.2, 0.25) is 5.91 Å². The van der Waals surface area contributed by atoms with E-state index in [9.17, 15) is 4.79 Å². The summed E-state index contributed by atoms with van der Waals surface area (Å²) in [6.07, 6.45) is 2.65. The second-order valence-electron chi connectivity index (χ2n) is 4.87. The third kappa shape index (κ3) is 5.18. The van der Waals surface area contributed by atoms with E-state index in [4.69, 9.17) is 5.84 Å². The van der Waals surface area contributed by atoms with Crippen molar-refractivity contribution in [2.45, 2.75) is 37.9 Å². The van der Waals surface area contributed by atoms with E-state index >= 15 is 0 Å². The molecule has 0 atom stereocenters. The Kier molecular flexibility index (Phi) is 5.58. The predicted molar refractivity (Wildman–Crippen MR) is 69.2 cm³/mol. The lowest BCUT2D eigenvalue weighted by molar-refractivity contribution is -0.121. The smallest absolute Gasteiger partial charge is 0.233 e. The van der Waals surface area contributed by atoms with Crippen molar-refractivity contribution in [3.63, 3.8) is 0 Å². The number of nitrogens with one attached hydrogen (secondary N) is 1. The molecule has 16 heavy (non-hydrogen) atoms. The quantitative estimate of drug-likeness (QED) is 0.440. The first-order chi connectivity index (χ1) is 7.53. The molecule has 1 amide bonds. The normalized spacial score (nSPS) is 21.4. The number of rotatable bonds is 4. The van der Waals surface area contributed by atoms with Crippen LogP contribution in [0.3, 0.4) is 0 Å². The van der Waals surface area contributed by atoms with E-state index in [2.05, 4.69) is 24.2 Å². The number of nitrogens with two attached hydrogens (primary N) is 1. The highest BCUT2D eigenvalue weighted by molar-refractivity contribution is 8.00. The monoisotopic (exact) mass is 245 g/mol. The molecule has 1 aliphatic rings. The second-order valence-corrected chi connectivity index (χ2v) is 6.67. The minimum absolute atomic E-state index is 0.0653. The Balaban J connectivity index is 2.20. The molecule has 4 nitrogen and oxygen atoms in total. The van der Waals surface area contributed by atoms with E-state index in [1.54, 1.807) is 0 Å². The molecule has 0 radical (unpaired) electrons. The Morgan fingerprint density at radius 3 is 2.94 bits per heavy atom. The standard InChI is InChI=1S/C11H23N3OS/c1-11(2)5-7-14(8-9-16-11)6-3-4-10(15)13-12/h3-9,12H2,1-2H3,(H,13,15).